The number of rotatable bonds is 7. The maximum Gasteiger partial charge on any atom is 0.324 e. The van der Waals surface area contributed by atoms with E-state index in [1.54, 1.807) is 48.5 Å². The topological polar surface area (TPSA) is 116 Å². The Hall–Kier alpha value is -3.24. The van der Waals surface area contributed by atoms with Gasteiger partial charge in [0.2, 0.25) is 21.8 Å². The molecule has 0 aromatic heterocycles. The Morgan fingerprint density at radius 1 is 0.970 bits per heavy atom. The summed E-state index contributed by atoms with van der Waals surface area (Å²) < 4.78 is 27.0. The van der Waals surface area contributed by atoms with Crippen molar-refractivity contribution < 1.29 is 22.8 Å². The van der Waals surface area contributed by atoms with Gasteiger partial charge in [0.05, 0.1) is 24.4 Å². The first-order valence-corrected chi connectivity index (χ1v) is 12.3. The van der Waals surface area contributed by atoms with Crippen LogP contribution in [0, 0.1) is 0 Å². The Kier molecular flexibility index (Phi) is 6.75. The highest BCUT2D eigenvalue weighted by atomic mass is 32.2. The number of sulfonamides is 1. The fourth-order valence-electron chi connectivity index (χ4n) is 3.97. The number of nitrogens with one attached hydrogen (secondary N) is 2. The van der Waals surface area contributed by atoms with Crippen LogP contribution in [0.2, 0.25) is 0 Å². The smallest absolute Gasteiger partial charge is 0.324 e. The lowest BCUT2D eigenvalue weighted by molar-refractivity contribution is -0.125. The number of amides is 4. The highest BCUT2D eigenvalue weighted by Gasteiger charge is 2.28. The summed E-state index contributed by atoms with van der Waals surface area (Å²) in [6.45, 7) is 1.21. The first-order valence-electron chi connectivity index (χ1n) is 10.9. The van der Waals surface area contributed by atoms with Crippen molar-refractivity contribution in [1.82, 2.24) is 14.5 Å². The van der Waals surface area contributed by atoms with Gasteiger partial charge in [0.15, 0.2) is 0 Å². The molecule has 0 saturated carbocycles. The molecule has 0 bridgehead atoms. The van der Waals surface area contributed by atoms with Gasteiger partial charge in [0.25, 0.3) is 0 Å². The summed E-state index contributed by atoms with van der Waals surface area (Å²) in [6, 6.07) is 12.9. The van der Waals surface area contributed by atoms with Crippen molar-refractivity contribution in [2.45, 2.75) is 37.1 Å². The minimum atomic E-state index is -3.50. The van der Waals surface area contributed by atoms with Crippen LogP contribution in [-0.2, 0) is 32.6 Å². The van der Waals surface area contributed by atoms with Gasteiger partial charge in [-0.25, -0.2) is 13.2 Å². The molecule has 4 amide bonds. The summed E-state index contributed by atoms with van der Waals surface area (Å²) in [5.41, 5.74) is 1.96. The minimum absolute atomic E-state index is 0.00657. The van der Waals surface area contributed by atoms with E-state index in [2.05, 4.69) is 10.6 Å². The summed E-state index contributed by atoms with van der Waals surface area (Å²) in [5.74, 6) is -0.547. The van der Waals surface area contributed by atoms with Gasteiger partial charge in [-0.3, -0.25) is 14.5 Å². The molecule has 2 heterocycles. The number of anilines is 1. The van der Waals surface area contributed by atoms with Crippen LogP contribution in [0.3, 0.4) is 0 Å². The van der Waals surface area contributed by atoms with Crippen LogP contribution in [0.5, 0.6) is 0 Å². The van der Waals surface area contributed by atoms with Gasteiger partial charge in [-0.05, 0) is 48.2 Å². The average Bonchev–Trinajstić information content (AvgIpc) is 3.12. The quantitative estimate of drug-likeness (QED) is 0.601. The number of hydrogen-bond donors (Lipinski definition) is 2. The monoisotopic (exact) mass is 470 g/mol. The second-order valence-electron chi connectivity index (χ2n) is 8.17. The third-order valence-electron chi connectivity index (χ3n) is 5.73. The van der Waals surface area contributed by atoms with Crippen molar-refractivity contribution >= 4 is 33.6 Å². The van der Waals surface area contributed by atoms with Gasteiger partial charge < -0.3 is 10.6 Å². The summed E-state index contributed by atoms with van der Waals surface area (Å²) in [7, 11) is -3.50. The maximum absolute atomic E-state index is 12.8. The van der Waals surface area contributed by atoms with Crippen LogP contribution in [0.1, 0.15) is 30.4 Å². The molecule has 0 aliphatic carbocycles. The molecular formula is C23H26N4O5S. The summed E-state index contributed by atoms with van der Waals surface area (Å²) in [6.07, 6.45) is 2.89. The molecule has 174 valence electrons. The fraction of sp³-hybridized carbons (Fsp3) is 0.348. The molecule has 0 radical (unpaired) electrons. The van der Waals surface area contributed by atoms with Crippen LogP contribution in [0.4, 0.5) is 10.5 Å². The zero-order chi connectivity index (χ0) is 23.4. The van der Waals surface area contributed by atoms with Crippen LogP contribution in [0.25, 0.3) is 0 Å². The Morgan fingerprint density at radius 2 is 1.70 bits per heavy atom. The van der Waals surface area contributed by atoms with Crippen molar-refractivity contribution in [3.8, 4) is 0 Å². The van der Waals surface area contributed by atoms with Crippen LogP contribution < -0.4 is 10.6 Å². The SMILES string of the molecule is O=C(Cc1ccc(S(=O)(=O)N2CCCCC2)cc1)Nc1cccc(CN2C(=O)CNC2=O)c1. The van der Waals surface area contributed by atoms with Gasteiger partial charge in [-0.15, -0.1) is 0 Å². The summed E-state index contributed by atoms with van der Waals surface area (Å²) in [4.78, 5) is 37.3. The van der Waals surface area contributed by atoms with Gasteiger partial charge in [-0.2, -0.15) is 4.31 Å². The van der Waals surface area contributed by atoms with E-state index in [9.17, 15) is 22.8 Å². The Balaban J connectivity index is 1.36. The Bertz CT molecular complexity index is 1140. The third-order valence-corrected chi connectivity index (χ3v) is 7.64. The molecule has 0 unspecified atom stereocenters. The van der Waals surface area contributed by atoms with Gasteiger partial charge in [-0.1, -0.05) is 30.7 Å². The molecule has 2 aromatic rings. The van der Waals surface area contributed by atoms with Gasteiger partial charge in [0, 0.05) is 18.8 Å². The lowest BCUT2D eigenvalue weighted by Gasteiger charge is -2.25. The molecule has 2 aliphatic rings. The lowest BCUT2D eigenvalue weighted by atomic mass is 10.1. The number of hydrogen-bond acceptors (Lipinski definition) is 5. The van der Waals surface area contributed by atoms with E-state index in [1.165, 1.54) is 4.31 Å². The second kappa shape index (κ2) is 9.72. The van der Waals surface area contributed by atoms with Crippen molar-refractivity contribution in [2.75, 3.05) is 25.0 Å². The summed E-state index contributed by atoms with van der Waals surface area (Å²) >= 11 is 0. The van der Waals surface area contributed by atoms with Gasteiger partial charge >= 0.3 is 6.03 Å². The Morgan fingerprint density at radius 3 is 2.36 bits per heavy atom. The number of benzene rings is 2. The van der Waals surface area contributed by atoms with E-state index < -0.39 is 16.1 Å². The van der Waals surface area contributed by atoms with Crippen LogP contribution >= 0.6 is 0 Å². The van der Waals surface area contributed by atoms with E-state index in [4.69, 9.17) is 0 Å². The average molecular weight is 471 g/mol. The zero-order valence-electron chi connectivity index (χ0n) is 18.1. The fourth-order valence-corrected chi connectivity index (χ4v) is 5.49. The normalized spacial score (nSPS) is 17.2. The molecule has 0 atom stereocenters. The minimum Gasteiger partial charge on any atom is -0.329 e. The van der Waals surface area contributed by atoms with E-state index in [1.807, 2.05) is 0 Å². The molecule has 4 rings (SSSR count). The van der Waals surface area contributed by atoms with E-state index in [0.29, 0.717) is 29.9 Å². The molecule has 2 aromatic carbocycles. The van der Waals surface area contributed by atoms with Crippen molar-refractivity contribution in [3.63, 3.8) is 0 Å². The number of urea groups is 1. The molecule has 9 nitrogen and oxygen atoms in total. The van der Waals surface area contributed by atoms with Crippen molar-refractivity contribution in [3.05, 3.63) is 59.7 Å². The number of piperidine rings is 1. The third kappa shape index (κ3) is 5.40. The Labute approximate surface area is 192 Å². The van der Waals surface area contributed by atoms with E-state index in [-0.39, 0.29) is 36.2 Å². The van der Waals surface area contributed by atoms with Crippen LogP contribution in [-0.4, -0.2) is 55.1 Å². The highest BCUT2D eigenvalue weighted by molar-refractivity contribution is 7.89. The number of imide groups is 1. The van der Waals surface area contributed by atoms with Crippen LogP contribution in [0.15, 0.2) is 53.4 Å². The van der Waals surface area contributed by atoms with E-state index >= 15 is 0 Å². The van der Waals surface area contributed by atoms with E-state index in [0.717, 1.165) is 24.2 Å². The summed E-state index contributed by atoms with van der Waals surface area (Å²) in [5, 5.41) is 5.28. The number of carbonyl (C=O) groups is 3. The second-order valence-corrected chi connectivity index (χ2v) is 10.1. The first kappa shape index (κ1) is 22.9. The molecule has 2 N–H and O–H groups in total. The largest absolute Gasteiger partial charge is 0.329 e. The molecule has 2 fully saturated rings. The molecule has 2 saturated heterocycles. The van der Waals surface area contributed by atoms with Crippen molar-refractivity contribution in [1.29, 1.82) is 0 Å². The molecule has 2 aliphatic heterocycles. The zero-order valence-corrected chi connectivity index (χ0v) is 18.9. The molecule has 10 heteroatoms. The predicted molar refractivity (Wildman–Crippen MR) is 122 cm³/mol. The predicted octanol–water partition coefficient (Wildman–Crippen LogP) is 2.09. The molecular weight excluding hydrogens is 444 g/mol. The first-order chi connectivity index (χ1) is 15.8. The molecule has 0 spiro atoms. The van der Waals surface area contributed by atoms with Crippen molar-refractivity contribution in [2.24, 2.45) is 0 Å². The lowest BCUT2D eigenvalue weighted by Crippen LogP contribution is -2.35. The number of nitrogens with zero attached hydrogens (tertiary/aromatic N) is 2. The molecule has 33 heavy (non-hydrogen) atoms. The maximum atomic E-state index is 12.8. The van der Waals surface area contributed by atoms with Gasteiger partial charge in [0.1, 0.15) is 0 Å². The standard InChI is InChI=1S/C23H26N4O5S/c28-21(25-19-6-4-5-18(13-19)16-27-22(29)15-24-23(27)30)14-17-7-9-20(10-8-17)33(31,32)26-11-2-1-3-12-26/h4-10,13H,1-3,11-12,14-16H2,(H,24,30)(H,25,28). The number of carbonyl (C=O) groups excluding carboxylic acids is 3. The highest BCUT2D eigenvalue weighted by Crippen LogP contribution is 2.21.